The van der Waals surface area contributed by atoms with E-state index in [2.05, 4.69) is 10.5 Å². The molecule has 0 heterocycles. The van der Waals surface area contributed by atoms with Crippen molar-refractivity contribution in [1.82, 2.24) is 5.43 Å². The predicted octanol–water partition coefficient (Wildman–Crippen LogP) is 4.39. The smallest absolute Gasteiger partial charge is 0.264 e. The summed E-state index contributed by atoms with van der Waals surface area (Å²) in [5, 5.41) is 4.59. The molecule has 0 aliphatic carbocycles. The quantitative estimate of drug-likeness (QED) is 0.378. The normalized spacial score (nSPS) is 11.7. The number of halogens is 1. The molecular formula is C24H24ClN3O4S. The molecule has 0 bridgehead atoms. The molecule has 0 aliphatic rings. The van der Waals surface area contributed by atoms with Gasteiger partial charge in [-0.25, -0.2) is 13.8 Å². The first kappa shape index (κ1) is 24.3. The molecule has 9 heteroatoms. The number of hydrogen-bond acceptors (Lipinski definition) is 5. The van der Waals surface area contributed by atoms with Crippen molar-refractivity contribution >= 4 is 38.9 Å². The minimum Gasteiger partial charge on any atom is -0.497 e. The average molecular weight is 486 g/mol. The number of sulfonamides is 1. The lowest BCUT2D eigenvalue weighted by Gasteiger charge is -2.25. The molecule has 3 aromatic rings. The summed E-state index contributed by atoms with van der Waals surface area (Å²) >= 11 is 6.05. The lowest BCUT2D eigenvalue weighted by molar-refractivity contribution is -0.119. The highest BCUT2D eigenvalue weighted by molar-refractivity contribution is 7.92. The number of hydrogen-bond donors (Lipinski definition) is 1. The zero-order valence-corrected chi connectivity index (χ0v) is 20.0. The van der Waals surface area contributed by atoms with E-state index in [9.17, 15) is 13.2 Å². The van der Waals surface area contributed by atoms with E-state index in [0.29, 0.717) is 27.7 Å². The number of hydrazone groups is 1. The maximum atomic E-state index is 13.4. The fourth-order valence-corrected chi connectivity index (χ4v) is 4.86. The highest BCUT2D eigenvalue weighted by atomic mass is 35.5. The van der Waals surface area contributed by atoms with Crippen LogP contribution < -0.4 is 14.5 Å². The highest BCUT2D eigenvalue weighted by Crippen LogP contribution is 2.28. The third-order valence-corrected chi connectivity index (χ3v) is 6.91. The fraction of sp³-hybridized carbons (Fsp3) is 0.167. The van der Waals surface area contributed by atoms with E-state index < -0.39 is 22.5 Å². The third kappa shape index (κ3) is 5.91. The van der Waals surface area contributed by atoms with Crippen LogP contribution in [0.15, 0.2) is 82.8 Å². The number of ether oxygens (including phenoxy) is 1. The minimum atomic E-state index is -4.02. The second-order valence-corrected chi connectivity index (χ2v) is 9.51. The molecular weight excluding hydrogens is 462 g/mol. The van der Waals surface area contributed by atoms with Gasteiger partial charge in [0.25, 0.3) is 15.9 Å². The van der Waals surface area contributed by atoms with Crippen molar-refractivity contribution in [3.8, 4) is 5.75 Å². The summed E-state index contributed by atoms with van der Waals surface area (Å²) in [4.78, 5) is 12.8. The zero-order valence-electron chi connectivity index (χ0n) is 18.4. The van der Waals surface area contributed by atoms with E-state index in [1.807, 2.05) is 12.1 Å². The van der Waals surface area contributed by atoms with Gasteiger partial charge in [0, 0.05) is 5.02 Å². The summed E-state index contributed by atoms with van der Waals surface area (Å²) in [6, 6.07) is 20.0. The van der Waals surface area contributed by atoms with E-state index in [-0.39, 0.29) is 4.90 Å². The predicted molar refractivity (Wildman–Crippen MR) is 131 cm³/mol. The van der Waals surface area contributed by atoms with Gasteiger partial charge in [-0.3, -0.25) is 9.10 Å². The highest BCUT2D eigenvalue weighted by Gasteiger charge is 2.28. The lowest BCUT2D eigenvalue weighted by Crippen LogP contribution is -2.40. The van der Waals surface area contributed by atoms with E-state index in [0.717, 1.165) is 9.87 Å². The Labute approximate surface area is 198 Å². The Balaban J connectivity index is 1.87. The Morgan fingerprint density at radius 3 is 2.33 bits per heavy atom. The van der Waals surface area contributed by atoms with Gasteiger partial charge in [0.1, 0.15) is 12.3 Å². The number of rotatable bonds is 8. The van der Waals surface area contributed by atoms with Gasteiger partial charge in [0.05, 0.1) is 23.4 Å². The molecule has 0 fully saturated rings. The summed E-state index contributed by atoms with van der Waals surface area (Å²) in [5.41, 5.74) is 4.78. The van der Waals surface area contributed by atoms with Gasteiger partial charge in [0.15, 0.2) is 0 Å². The minimum absolute atomic E-state index is 0.0741. The SMILES string of the molecule is COc1ccc(/C(C)=N\NC(=O)CN(c2ccc(Cl)cc2C)S(=O)(=O)c2ccccc2)cc1. The van der Waals surface area contributed by atoms with Crippen LogP contribution in [0.5, 0.6) is 5.75 Å². The molecule has 1 amide bonds. The van der Waals surface area contributed by atoms with Crippen molar-refractivity contribution in [3.63, 3.8) is 0 Å². The van der Waals surface area contributed by atoms with Crippen molar-refractivity contribution in [1.29, 1.82) is 0 Å². The summed E-state index contributed by atoms with van der Waals surface area (Å²) < 4.78 is 33.0. The standard InChI is InChI=1S/C24H24ClN3O4S/c1-17-15-20(25)11-14-23(17)28(33(30,31)22-7-5-4-6-8-22)16-24(29)27-26-18(2)19-9-12-21(32-3)13-10-19/h4-15H,16H2,1-3H3,(H,27,29)/b26-18-. The van der Waals surface area contributed by atoms with Crippen molar-refractivity contribution in [2.24, 2.45) is 5.10 Å². The largest absolute Gasteiger partial charge is 0.497 e. The van der Waals surface area contributed by atoms with E-state index in [1.165, 1.54) is 12.1 Å². The Morgan fingerprint density at radius 1 is 1.06 bits per heavy atom. The summed E-state index contributed by atoms with van der Waals surface area (Å²) in [7, 11) is -2.44. The van der Waals surface area contributed by atoms with Crippen LogP contribution in [0.3, 0.4) is 0 Å². The van der Waals surface area contributed by atoms with Gasteiger partial charge in [-0.15, -0.1) is 0 Å². The van der Waals surface area contributed by atoms with Gasteiger partial charge in [-0.05, 0) is 79.6 Å². The summed E-state index contributed by atoms with van der Waals surface area (Å²) in [6.45, 7) is 3.02. The van der Waals surface area contributed by atoms with Crippen LogP contribution in [0.25, 0.3) is 0 Å². The molecule has 0 atom stereocenters. The Hall–Kier alpha value is -3.36. The van der Waals surface area contributed by atoms with Crippen LogP contribution in [0, 0.1) is 6.92 Å². The average Bonchev–Trinajstić information content (AvgIpc) is 2.82. The number of carbonyl (C=O) groups excluding carboxylic acids is 1. The number of amides is 1. The number of anilines is 1. The molecule has 7 nitrogen and oxygen atoms in total. The number of methoxy groups -OCH3 is 1. The monoisotopic (exact) mass is 485 g/mol. The maximum absolute atomic E-state index is 13.4. The van der Waals surface area contributed by atoms with Crippen molar-refractivity contribution < 1.29 is 17.9 Å². The molecule has 0 aliphatic heterocycles. The molecule has 0 unspecified atom stereocenters. The number of benzene rings is 3. The van der Waals surface area contributed by atoms with Crippen LogP contribution in [-0.2, 0) is 14.8 Å². The third-order valence-electron chi connectivity index (χ3n) is 4.90. The zero-order chi connectivity index (χ0) is 24.0. The fourth-order valence-electron chi connectivity index (χ4n) is 3.13. The number of aryl methyl sites for hydroxylation is 1. The molecule has 0 saturated carbocycles. The molecule has 3 rings (SSSR count). The summed E-state index contributed by atoms with van der Waals surface area (Å²) in [5.74, 6) is 0.118. The molecule has 0 radical (unpaired) electrons. The van der Waals surface area contributed by atoms with E-state index in [4.69, 9.17) is 16.3 Å². The van der Waals surface area contributed by atoms with Crippen LogP contribution in [0.4, 0.5) is 5.69 Å². The van der Waals surface area contributed by atoms with Crippen molar-refractivity contribution in [2.45, 2.75) is 18.7 Å². The van der Waals surface area contributed by atoms with Crippen molar-refractivity contribution in [3.05, 3.63) is 88.9 Å². The molecule has 0 spiro atoms. The first-order valence-electron chi connectivity index (χ1n) is 10.0. The van der Waals surface area contributed by atoms with E-state index >= 15 is 0 Å². The molecule has 3 aromatic carbocycles. The molecule has 1 N–H and O–H groups in total. The van der Waals surface area contributed by atoms with Crippen LogP contribution in [0.2, 0.25) is 5.02 Å². The second kappa shape index (κ2) is 10.5. The number of nitrogens with one attached hydrogen (secondary N) is 1. The molecule has 172 valence electrons. The van der Waals surface area contributed by atoms with Gasteiger partial charge < -0.3 is 4.74 Å². The van der Waals surface area contributed by atoms with Crippen LogP contribution >= 0.6 is 11.6 Å². The Bertz CT molecular complexity index is 1260. The lowest BCUT2D eigenvalue weighted by atomic mass is 10.1. The summed E-state index contributed by atoms with van der Waals surface area (Å²) in [6.07, 6.45) is 0. The maximum Gasteiger partial charge on any atom is 0.264 e. The van der Waals surface area contributed by atoms with Gasteiger partial charge in [-0.2, -0.15) is 5.10 Å². The van der Waals surface area contributed by atoms with Crippen LogP contribution in [0.1, 0.15) is 18.1 Å². The second-order valence-electron chi connectivity index (χ2n) is 7.22. The number of carbonyl (C=O) groups is 1. The van der Waals surface area contributed by atoms with Gasteiger partial charge >= 0.3 is 0 Å². The number of nitrogens with zero attached hydrogens (tertiary/aromatic N) is 2. The van der Waals surface area contributed by atoms with E-state index in [1.54, 1.807) is 69.5 Å². The molecule has 0 saturated heterocycles. The first-order chi connectivity index (χ1) is 15.7. The van der Waals surface area contributed by atoms with Gasteiger partial charge in [-0.1, -0.05) is 29.8 Å². The molecule has 33 heavy (non-hydrogen) atoms. The Morgan fingerprint density at radius 2 is 1.73 bits per heavy atom. The molecule has 0 aromatic heterocycles. The van der Waals surface area contributed by atoms with Gasteiger partial charge in [0.2, 0.25) is 0 Å². The Kier molecular flexibility index (Phi) is 7.73. The first-order valence-corrected chi connectivity index (χ1v) is 11.9. The van der Waals surface area contributed by atoms with Crippen LogP contribution in [-0.4, -0.2) is 33.7 Å². The van der Waals surface area contributed by atoms with Crippen molar-refractivity contribution in [2.75, 3.05) is 18.0 Å². The topological polar surface area (TPSA) is 88.1 Å².